The molecule has 0 unspecified atom stereocenters. The van der Waals surface area contributed by atoms with E-state index < -0.39 is 11.1 Å². The largest absolute Gasteiger partial charge is 0.318 e. The summed E-state index contributed by atoms with van der Waals surface area (Å²) in [5.74, 6) is 0. The molecule has 3 heterocycles. The lowest BCUT2D eigenvalue weighted by Crippen LogP contribution is -2.45. The Morgan fingerprint density at radius 1 is 1.04 bits per heavy atom. The van der Waals surface area contributed by atoms with Crippen LogP contribution in [0.1, 0.15) is 35.6 Å². The van der Waals surface area contributed by atoms with Crippen LogP contribution in [0.4, 0.5) is 0 Å². The van der Waals surface area contributed by atoms with Crippen LogP contribution < -0.4 is 11.1 Å². The molecule has 0 atom stereocenters. The second-order valence-electron chi connectivity index (χ2n) is 7.89. The third kappa shape index (κ3) is 3.40. The minimum Gasteiger partial charge on any atom is -0.304 e. The van der Waals surface area contributed by atoms with Gasteiger partial charge in [-0.2, -0.15) is 0 Å². The number of likely N-dealkylation sites (tertiary alicyclic amines) is 1. The predicted molar refractivity (Wildman–Crippen MR) is 111 cm³/mol. The number of rotatable bonds is 3. The first-order valence-corrected chi connectivity index (χ1v) is 9.80. The van der Waals surface area contributed by atoms with Crippen LogP contribution in [0.25, 0.3) is 11.2 Å². The van der Waals surface area contributed by atoms with Gasteiger partial charge < -0.3 is 4.57 Å². The van der Waals surface area contributed by atoms with Gasteiger partial charge in [-0.1, -0.05) is 29.8 Å². The molecule has 0 amide bonds. The highest BCUT2D eigenvalue weighted by molar-refractivity contribution is 5.71. The zero-order chi connectivity index (χ0) is 19.8. The zero-order valence-electron chi connectivity index (χ0n) is 16.7. The molecular weight excluding hydrogens is 352 g/mol. The molecule has 0 bridgehead atoms. The third-order valence-corrected chi connectivity index (χ3v) is 5.69. The van der Waals surface area contributed by atoms with Crippen molar-refractivity contribution in [1.82, 2.24) is 19.0 Å². The average molecular weight is 378 g/mol. The number of fused-ring (bicyclic) bond motifs is 1. The summed E-state index contributed by atoms with van der Waals surface area (Å²) in [6.45, 7) is 6.76. The minimum atomic E-state index is -0.484. The lowest BCUT2D eigenvalue weighted by atomic mass is 10.0. The van der Waals surface area contributed by atoms with E-state index in [1.165, 1.54) is 15.7 Å². The summed E-state index contributed by atoms with van der Waals surface area (Å²) in [7, 11) is 1.64. The molecule has 1 saturated heterocycles. The maximum Gasteiger partial charge on any atom is 0.318 e. The number of hydrogen-bond donors (Lipinski definition) is 0. The summed E-state index contributed by atoms with van der Waals surface area (Å²) >= 11 is 0. The summed E-state index contributed by atoms with van der Waals surface area (Å²) in [6.07, 6.45) is 3.43. The fourth-order valence-corrected chi connectivity index (χ4v) is 4.17. The topological polar surface area (TPSA) is 60.1 Å². The van der Waals surface area contributed by atoms with Gasteiger partial charge in [0.1, 0.15) is 0 Å². The van der Waals surface area contributed by atoms with Crippen LogP contribution in [0, 0.1) is 13.8 Å². The lowest BCUT2D eigenvalue weighted by molar-refractivity contribution is 0.179. The molecule has 0 saturated carbocycles. The van der Waals surface area contributed by atoms with Gasteiger partial charge in [0.05, 0.1) is 5.52 Å². The fraction of sp³-hybridized carbons (Fsp3) is 0.409. The van der Waals surface area contributed by atoms with Gasteiger partial charge in [-0.05, 0) is 43.9 Å². The van der Waals surface area contributed by atoms with Gasteiger partial charge >= 0.3 is 11.1 Å². The number of benzene rings is 1. The van der Waals surface area contributed by atoms with E-state index in [-0.39, 0.29) is 6.04 Å². The van der Waals surface area contributed by atoms with Crippen LogP contribution in [0.5, 0.6) is 0 Å². The van der Waals surface area contributed by atoms with Crippen LogP contribution in [-0.4, -0.2) is 32.1 Å². The average Bonchev–Trinajstić information content (AvgIpc) is 2.68. The second-order valence-corrected chi connectivity index (χ2v) is 7.89. The molecule has 28 heavy (non-hydrogen) atoms. The summed E-state index contributed by atoms with van der Waals surface area (Å²) in [5.41, 5.74) is 3.92. The number of piperidine rings is 1. The fourth-order valence-electron chi connectivity index (χ4n) is 4.17. The van der Waals surface area contributed by atoms with Crippen molar-refractivity contribution < 1.29 is 0 Å². The molecule has 1 fully saturated rings. The van der Waals surface area contributed by atoms with Crippen molar-refractivity contribution in [1.29, 1.82) is 0 Å². The van der Waals surface area contributed by atoms with Crippen molar-refractivity contribution >= 4 is 11.2 Å². The van der Waals surface area contributed by atoms with Gasteiger partial charge in [-0.15, -0.1) is 0 Å². The number of aryl methyl sites for hydroxylation is 3. The van der Waals surface area contributed by atoms with Crippen molar-refractivity contribution in [2.45, 2.75) is 39.3 Å². The first-order valence-electron chi connectivity index (χ1n) is 9.80. The van der Waals surface area contributed by atoms with Crippen LogP contribution in [-0.2, 0) is 13.6 Å². The van der Waals surface area contributed by atoms with Crippen molar-refractivity contribution in [2.75, 3.05) is 13.1 Å². The first kappa shape index (κ1) is 18.6. The molecule has 6 heteroatoms. The van der Waals surface area contributed by atoms with Crippen molar-refractivity contribution in [2.24, 2.45) is 7.05 Å². The van der Waals surface area contributed by atoms with Crippen LogP contribution in [0.2, 0.25) is 0 Å². The van der Waals surface area contributed by atoms with Gasteiger partial charge in [0, 0.05) is 38.9 Å². The molecular formula is C22H26N4O2. The van der Waals surface area contributed by atoms with E-state index >= 15 is 0 Å². The molecule has 1 aliphatic heterocycles. The van der Waals surface area contributed by atoms with Crippen LogP contribution in [0.15, 0.2) is 46.1 Å². The molecule has 1 aromatic carbocycles. The number of hydrogen-bond acceptors (Lipinski definition) is 4. The minimum absolute atomic E-state index is 0.00728. The molecule has 146 valence electrons. The summed E-state index contributed by atoms with van der Waals surface area (Å²) < 4.78 is 3.06. The van der Waals surface area contributed by atoms with E-state index in [2.05, 4.69) is 41.1 Å². The monoisotopic (exact) mass is 378 g/mol. The van der Waals surface area contributed by atoms with Gasteiger partial charge in [0.25, 0.3) is 0 Å². The molecule has 2 aromatic heterocycles. The standard InChI is InChI=1S/C22H26N4O2/c1-15-5-4-6-17(11-15)14-25-9-7-18(8-10-25)26-20-19(12-16(2)13-23-20)24(3)21(27)22(26)28/h4-6,11-13,18H,7-10,14H2,1-3H3. The first-order chi connectivity index (χ1) is 13.4. The van der Waals surface area contributed by atoms with Gasteiger partial charge in [-0.25, -0.2) is 4.98 Å². The van der Waals surface area contributed by atoms with E-state index in [9.17, 15) is 9.59 Å². The van der Waals surface area contributed by atoms with Crippen molar-refractivity contribution in [3.8, 4) is 0 Å². The van der Waals surface area contributed by atoms with Crippen LogP contribution >= 0.6 is 0 Å². The van der Waals surface area contributed by atoms with Gasteiger partial charge in [-0.3, -0.25) is 19.1 Å². The van der Waals surface area contributed by atoms with E-state index in [4.69, 9.17) is 0 Å². The lowest BCUT2D eigenvalue weighted by Gasteiger charge is -2.33. The van der Waals surface area contributed by atoms with E-state index in [1.54, 1.807) is 17.8 Å². The molecule has 0 N–H and O–H groups in total. The zero-order valence-corrected chi connectivity index (χ0v) is 16.7. The van der Waals surface area contributed by atoms with Crippen molar-refractivity contribution in [3.63, 3.8) is 0 Å². The smallest absolute Gasteiger partial charge is 0.304 e. The van der Waals surface area contributed by atoms with Crippen LogP contribution in [0.3, 0.4) is 0 Å². The Balaban J connectivity index is 1.61. The molecule has 0 spiro atoms. The predicted octanol–water partition coefficient (Wildman–Crippen LogP) is 2.55. The molecule has 1 aliphatic rings. The molecule has 0 radical (unpaired) electrons. The Bertz CT molecular complexity index is 1140. The van der Waals surface area contributed by atoms with E-state index in [0.717, 1.165) is 38.0 Å². The SMILES string of the molecule is Cc1cccc(CN2CCC(n3c(=O)c(=O)n(C)c4cc(C)cnc43)CC2)c1. The Morgan fingerprint density at radius 2 is 1.79 bits per heavy atom. The molecule has 0 aliphatic carbocycles. The highest BCUT2D eigenvalue weighted by atomic mass is 16.2. The number of aromatic nitrogens is 3. The number of pyridine rings is 1. The maximum absolute atomic E-state index is 12.8. The Morgan fingerprint density at radius 3 is 2.50 bits per heavy atom. The Kier molecular flexibility index (Phi) is 4.89. The third-order valence-electron chi connectivity index (χ3n) is 5.69. The summed E-state index contributed by atoms with van der Waals surface area (Å²) in [6, 6.07) is 10.5. The quantitative estimate of drug-likeness (QED) is 0.657. The second kappa shape index (κ2) is 7.36. The maximum atomic E-state index is 12.8. The van der Waals surface area contributed by atoms with Gasteiger partial charge in [0.2, 0.25) is 0 Å². The highest BCUT2D eigenvalue weighted by Crippen LogP contribution is 2.25. The van der Waals surface area contributed by atoms with E-state index in [1.807, 2.05) is 13.0 Å². The summed E-state index contributed by atoms with van der Waals surface area (Å²) in [5, 5.41) is 0. The van der Waals surface area contributed by atoms with E-state index in [0.29, 0.717) is 11.2 Å². The normalized spacial score (nSPS) is 16.0. The molecule has 4 rings (SSSR count). The van der Waals surface area contributed by atoms with Crippen molar-refractivity contribution in [3.05, 3.63) is 73.9 Å². The molecule has 6 nitrogen and oxygen atoms in total. The number of nitrogens with zero attached hydrogens (tertiary/aromatic N) is 4. The summed E-state index contributed by atoms with van der Waals surface area (Å²) in [4.78, 5) is 32.2. The van der Waals surface area contributed by atoms with Gasteiger partial charge in [0.15, 0.2) is 5.65 Å². The Labute approximate surface area is 164 Å². The highest BCUT2D eigenvalue weighted by Gasteiger charge is 2.25. The molecule has 3 aromatic rings. The Hall–Kier alpha value is -2.73.